The zero-order valence-corrected chi connectivity index (χ0v) is 11.3. The molecule has 5 nitrogen and oxygen atoms in total. The molecule has 2 rings (SSSR count). The highest BCUT2D eigenvalue weighted by atomic mass is 16.5. The first kappa shape index (κ1) is 14.0. The lowest BCUT2D eigenvalue weighted by atomic mass is 10.0. The second-order valence-electron chi connectivity index (χ2n) is 4.17. The molecule has 5 heteroatoms. The molecule has 0 aliphatic heterocycles. The van der Waals surface area contributed by atoms with Crippen LogP contribution in [0.5, 0.6) is 23.0 Å². The van der Waals surface area contributed by atoms with Gasteiger partial charge in [-0.15, -0.1) is 0 Å². The maximum atomic E-state index is 10.3. The second-order valence-corrected chi connectivity index (χ2v) is 4.17. The van der Waals surface area contributed by atoms with Crippen molar-refractivity contribution >= 4 is 0 Å². The van der Waals surface area contributed by atoms with Crippen LogP contribution in [0.2, 0.25) is 0 Å². The van der Waals surface area contributed by atoms with E-state index in [4.69, 9.17) is 9.47 Å². The molecule has 2 aromatic rings. The quantitative estimate of drug-likeness (QED) is 0.798. The number of methoxy groups -OCH3 is 2. The summed E-state index contributed by atoms with van der Waals surface area (Å²) in [6, 6.07) is 8.23. The molecule has 0 aromatic heterocycles. The predicted molar refractivity (Wildman–Crippen MR) is 74.2 cm³/mol. The van der Waals surface area contributed by atoms with Gasteiger partial charge in [-0.3, -0.25) is 0 Å². The zero-order valence-electron chi connectivity index (χ0n) is 11.3. The van der Waals surface area contributed by atoms with Crippen LogP contribution in [0, 0.1) is 0 Å². The lowest BCUT2D eigenvalue weighted by Gasteiger charge is -2.14. The molecular formula is C15H16O5. The summed E-state index contributed by atoms with van der Waals surface area (Å²) in [5.74, 6) is 0.297. The highest BCUT2D eigenvalue weighted by Crippen LogP contribution is 2.45. The largest absolute Gasteiger partial charge is 0.504 e. The standard InChI is InChI=1S/C15H16O5/c1-19-12-5-3-4-10(13(12)17)11-7-6-9(8-16)15(20-2)14(11)18/h3-7,16-18H,8H2,1-2H3. The third kappa shape index (κ3) is 2.23. The number of phenolic OH excluding ortho intramolecular Hbond substituents is 2. The van der Waals surface area contributed by atoms with Crippen molar-refractivity contribution in [3.63, 3.8) is 0 Å². The summed E-state index contributed by atoms with van der Waals surface area (Å²) in [6.07, 6.45) is 0. The fraction of sp³-hybridized carbons (Fsp3) is 0.200. The molecule has 0 saturated heterocycles. The van der Waals surface area contributed by atoms with Gasteiger partial charge in [0.05, 0.1) is 20.8 Å². The van der Waals surface area contributed by atoms with Gasteiger partial charge in [0.1, 0.15) is 0 Å². The lowest BCUT2D eigenvalue weighted by Crippen LogP contribution is -1.94. The van der Waals surface area contributed by atoms with Gasteiger partial charge in [0, 0.05) is 16.7 Å². The van der Waals surface area contributed by atoms with Gasteiger partial charge in [0.15, 0.2) is 23.0 Å². The van der Waals surface area contributed by atoms with Gasteiger partial charge in [0.25, 0.3) is 0 Å². The summed E-state index contributed by atoms with van der Waals surface area (Å²) < 4.78 is 10.1. The summed E-state index contributed by atoms with van der Waals surface area (Å²) >= 11 is 0. The predicted octanol–water partition coefficient (Wildman–Crippen LogP) is 2.27. The van der Waals surface area contributed by atoms with Gasteiger partial charge in [0.2, 0.25) is 0 Å². The minimum atomic E-state index is -0.249. The van der Waals surface area contributed by atoms with Crippen molar-refractivity contribution in [1.29, 1.82) is 0 Å². The van der Waals surface area contributed by atoms with Crippen molar-refractivity contribution in [3.05, 3.63) is 35.9 Å². The average molecular weight is 276 g/mol. The zero-order chi connectivity index (χ0) is 14.7. The van der Waals surface area contributed by atoms with Crippen LogP contribution in [0.1, 0.15) is 5.56 Å². The maximum Gasteiger partial charge on any atom is 0.166 e. The molecule has 0 unspecified atom stereocenters. The van der Waals surface area contributed by atoms with Crippen LogP contribution in [0.25, 0.3) is 11.1 Å². The van der Waals surface area contributed by atoms with Crippen LogP contribution < -0.4 is 9.47 Å². The molecule has 0 heterocycles. The minimum Gasteiger partial charge on any atom is -0.504 e. The third-order valence-electron chi connectivity index (χ3n) is 3.10. The number of para-hydroxylation sites is 1. The van der Waals surface area contributed by atoms with Gasteiger partial charge in [-0.25, -0.2) is 0 Å². The Kier molecular flexibility index (Phi) is 4.00. The first-order valence-corrected chi connectivity index (χ1v) is 6.00. The van der Waals surface area contributed by atoms with Crippen molar-refractivity contribution < 1.29 is 24.8 Å². The molecule has 0 amide bonds. The Labute approximate surface area is 116 Å². The van der Waals surface area contributed by atoms with Crippen LogP contribution in [-0.4, -0.2) is 29.5 Å². The van der Waals surface area contributed by atoms with E-state index in [0.29, 0.717) is 22.4 Å². The van der Waals surface area contributed by atoms with Gasteiger partial charge in [-0.1, -0.05) is 18.2 Å². The molecule has 0 atom stereocenters. The lowest BCUT2D eigenvalue weighted by molar-refractivity contribution is 0.271. The molecule has 0 radical (unpaired) electrons. The summed E-state index contributed by atoms with van der Waals surface area (Å²) in [5.41, 5.74) is 1.29. The van der Waals surface area contributed by atoms with Crippen molar-refractivity contribution in [2.24, 2.45) is 0 Å². The summed E-state index contributed by atoms with van der Waals surface area (Å²) in [4.78, 5) is 0. The minimum absolute atomic E-state index is 0.0656. The van der Waals surface area contributed by atoms with Crippen molar-refractivity contribution in [3.8, 4) is 34.1 Å². The molecular weight excluding hydrogens is 260 g/mol. The number of hydrogen-bond acceptors (Lipinski definition) is 5. The number of hydrogen-bond donors (Lipinski definition) is 3. The molecule has 3 N–H and O–H groups in total. The van der Waals surface area contributed by atoms with Crippen LogP contribution >= 0.6 is 0 Å². The molecule has 20 heavy (non-hydrogen) atoms. The molecule has 0 fully saturated rings. The molecule has 0 spiro atoms. The Morgan fingerprint density at radius 1 is 0.900 bits per heavy atom. The van der Waals surface area contributed by atoms with E-state index in [9.17, 15) is 15.3 Å². The fourth-order valence-electron chi connectivity index (χ4n) is 2.09. The molecule has 106 valence electrons. The van der Waals surface area contributed by atoms with Gasteiger partial charge in [-0.05, 0) is 12.1 Å². The number of ether oxygens (including phenoxy) is 2. The van der Waals surface area contributed by atoms with Crippen LogP contribution in [0.15, 0.2) is 30.3 Å². The topological polar surface area (TPSA) is 79.2 Å². The smallest absolute Gasteiger partial charge is 0.166 e. The van der Waals surface area contributed by atoms with E-state index in [1.165, 1.54) is 14.2 Å². The average Bonchev–Trinajstić information content (AvgIpc) is 2.47. The normalized spacial score (nSPS) is 10.3. The van der Waals surface area contributed by atoms with E-state index in [-0.39, 0.29) is 23.9 Å². The Hall–Kier alpha value is -2.40. The van der Waals surface area contributed by atoms with Gasteiger partial charge in [-0.2, -0.15) is 0 Å². The SMILES string of the molecule is COc1cccc(-c2ccc(CO)c(OC)c2O)c1O. The van der Waals surface area contributed by atoms with E-state index < -0.39 is 0 Å². The molecule has 0 saturated carbocycles. The Morgan fingerprint density at radius 2 is 1.60 bits per heavy atom. The van der Waals surface area contributed by atoms with Crippen LogP contribution in [-0.2, 0) is 6.61 Å². The van der Waals surface area contributed by atoms with E-state index in [1.54, 1.807) is 30.3 Å². The highest BCUT2D eigenvalue weighted by Gasteiger charge is 2.18. The molecule has 2 aromatic carbocycles. The highest BCUT2D eigenvalue weighted by molar-refractivity contribution is 5.80. The number of aliphatic hydroxyl groups is 1. The number of benzene rings is 2. The number of rotatable bonds is 4. The van der Waals surface area contributed by atoms with E-state index in [0.717, 1.165) is 0 Å². The number of phenols is 2. The first-order chi connectivity index (χ1) is 9.63. The van der Waals surface area contributed by atoms with Gasteiger partial charge < -0.3 is 24.8 Å². The fourth-order valence-corrected chi connectivity index (χ4v) is 2.09. The van der Waals surface area contributed by atoms with Crippen LogP contribution in [0.4, 0.5) is 0 Å². The Balaban J connectivity index is 2.65. The van der Waals surface area contributed by atoms with Crippen molar-refractivity contribution in [1.82, 2.24) is 0 Å². The van der Waals surface area contributed by atoms with E-state index in [2.05, 4.69) is 0 Å². The second kappa shape index (κ2) is 5.71. The maximum absolute atomic E-state index is 10.3. The summed E-state index contributed by atoms with van der Waals surface area (Å²) in [5, 5.41) is 29.6. The number of aromatic hydroxyl groups is 2. The summed E-state index contributed by atoms with van der Waals surface area (Å²) in [7, 11) is 2.86. The van der Waals surface area contributed by atoms with Crippen molar-refractivity contribution in [2.75, 3.05) is 14.2 Å². The van der Waals surface area contributed by atoms with E-state index in [1.807, 2.05) is 0 Å². The number of aliphatic hydroxyl groups excluding tert-OH is 1. The van der Waals surface area contributed by atoms with E-state index >= 15 is 0 Å². The summed E-state index contributed by atoms with van der Waals surface area (Å²) in [6.45, 7) is -0.249. The third-order valence-corrected chi connectivity index (χ3v) is 3.10. The first-order valence-electron chi connectivity index (χ1n) is 6.00. The Bertz CT molecular complexity index is 622. The molecule has 0 bridgehead atoms. The van der Waals surface area contributed by atoms with Crippen molar-refractivity contribution in [2.45, 2.75) is 6.61 Å². The molecule has 0 aliphatic rings. The van der Waals surface area contributed by atoms with Crippen LogP contribution in [0.3, 0.4) is 0 Å². The monoisotopic (exact) mass is 276 g/mol. The van der Waals surface area contributed by atoms with Gasteiger partial charge >= 0.3 is 0 Å². The Morgan fingerprint density at radius 3 is 2.20 bits per heavy atom. The molecule has 0 aliphatic carbocycles.